The van der Waals surface area contributed by atoms with Gasteiger partial charge in [-0.1, -0.05) is 12.1 Å². The molecule has 1 unspecified atom stereocenters. The van der Waals surface area contributed by atoms with E-state index in [2.05, 4.69) is 47.6 Å². The summed E-state index contributed by atoms with van der Waals surface area (Å²) in [5, 5.41) is 6.85. The van der Waals surface area contributed by atoms with Crippen molar-refractivity contribution >= 4 is 5.96 Å². The normalized spacial score (nSPS) is 19.9. The number of benzene rings is 1. The van der Waals surface area contributed by atoms with E-state index >= 15 is 0 Å². The first kappa shape index (κ1) is 22.9. The summed E-state index contributed by atoms with van der Waals surface area (Å²) in [6.45, 7) is 12.8. The van der Waals surface area contributed by atoms with Gasteiger partial charge in [0.05, 0.1) is 19.8 Å². The highest BCUT2D eigenvalue weighted by Gasteiger charge is 2.17. The number of nitrogens with zero attached hydrogens (tertiary/aromatic N) is 2. The van der Waals surface area contributed by atoms with Crippen LogP contribution in [0.3, 0.4) is 0 Å². The number of unbranched alkanes of at least 4 members (excludes halogenated alkanes) is 1. The summed E-state index contributed by atoms with van der Waals surface area (Å²) in [5.74, 6) is 2.34. The third-order valence-electron chi connectivity index (χ3n) is 5.87. The van der Waals surface area contributed by atoms with Gasteiger partial charge in [0.1, 0.15) is 5.75 Å². The molecule has 30 heavy (non-hydrogen) atoms. The quantitative estimate of drug-likeness (QED) is 0.329. The fourth-order valence-corrected chi connectivity index (χ4v) is 4.03. The first-order valence-corrected chi connectivity index (χ1v) is 11.8. The summed E-state index contributed by atoms with van der Waals surface area (Å²) in [6, 6.07) is 6.40. The molecule has 0 amide bonds. The molecule has 2 fully saturated rings. The zero-order valence-electron chi connectivity index (χ0n) is 18.9. The lowest BCUT2D eigenvalue weighted by Gasteiger charge is -2.16. The second-order valence-corrected chi connectivity index (χ2v) is 8.53. The molecule has 3 rings (SSSR count). The lowest BCUT2D eigenvalue weighted by Crippen LogP contribution is -2.38. The van der Waals surface area contributed by atoms with Crippen LogP contribution in [0.1, 0.15) is 50.2 Å². The van der Waals surface area contributed by atoms with Crippen molar-refractivity contribution in [2.24, 2.45) is 10.9 Å². The fraction of sp³-hybridized carbons (Fsp3) is 0.708. The Labute approximate surface area is 182 Å². The van der Waals surface area contributed by atoms with E-state index in [-0.39, 0.29) is 0 Å². The van der Waals surface area contributed by atoms with Crippen LogP contribution >= 0.6 is 0 Å². The minimum absolute atomic E-state index is 0.501. The molecule has 2 saturated heterocycles. The average Bonchev–Trinajstić information content (AvgIpc) is 3.45. The van der Waals surface area contributed by atoms with Crippen molar-refractivity contribution in [1.29, 1.82) is 0 Å². The maximum Gasteiger partial charge on any atom is 0.191 e. The number of likely N-dealkylation sites (tertiary alicyclic amines) is 1. The second-order valence-electron chi connectivity index (χ2n) is 8.53. The molecule has 2 aliphatic rings. The van der Waals surface area contributed by atoms with Crippen LogP contribution in [0.4, 0.5) is 0 Å². The van der Waals surface area contributed by atoms with Gasteiger partial charge in [0.15, 0.2) is 5.96 Å². The third kappa shape index (κ3) is 7.80. The number of guanidine groups is 1. The van der Waals surface area contributed by atoms with Gasteiger partial charge < -0.3 is 25.0 Å². The average molecular weight is 417 g/mol. The minimum atomic E-state index is 0.501. The molecule has 0 spiro atoms. The van der Waals surface area contributed by atoms with Crippen LogP contribution in [0.15, 0.2) is 23.2 Å². The van der Waals surface area contributed by atoms with Gasteiger partial charge in [0, 0.05) is 31.2 Å². The van der Waals surface area contributed by atoms with Crippen molar-refractivity contribution in [3.8, 4) is 5.75 Å². The van der Waals surface area contributed by atoms with Gasteiger partial charge in [-0.25, -0.2) is 4.99 Å². The van der Waals surface area contributed by atoms with Gasteiger partial charge >= 0.3 is 0 Å². The number of nitrogens with one attached hydrogen (secondary N) is 2. The molecule has 2 heterocycles. The molecule has 1 aromatic rings. The number of hydrogen-bond donors (Lipinski definition) is 2. The highest BCUT2D eigenvalue weighted by molar-refractivity contribution is 5.79. The monoisotopic (exact) mass is 416 g/mol. The minimum Gasteiger partial charge on any atom is -0.493 e. The zero-order chi connectivity index (χ0) is 21.0. The van der Waals surface area contributed by atoms with Gasteiger partial charge in [0.25, 0.3) is 0 Å². The van der Waals surface area contributed by atoms with E-state index in [1.165, 1.54) is 50.9 Å². The van der Waals surface area contributed by atoms with Crippen molar-refractivity contribution in [3.63, 3.8) is 0 Å². The van der Waals surface area contributed by atoms with Crippen molar-refractivity contribution < 1.29 is 9.47 Å². The molecule has 1 atom stereocenters. The number of aryl methyl sites for hydroxylation is 1. The summed E-state index contributed by atoms with van der Waals surface area (Å²) in [4.78, 5) is 7.39. The van der Waals surface area contributed by atoms with E-state index < -0.39 is 0 Å². The Kier molecular flexibility index (Phi) is 9.77. The smallest absolute Gasteiger partial charge is 0.191 e. The number of hydrogen-bond acceptors (Lipinski definition) is 4. The third-order valence-corrected chi connectivity index (χ3v) is 5.87. The first-order chi connectivity index (χ1) is 14.7. The molecule has 168 valence electrons. The van der Waals surface area contributed by atoms with E-state index in [0.29, 0.717) is 12.5 Å². The molecule has 6 heteroatoms. The van der Waals surface area contributed by atoms with Crippen molar-refractivity contribution in [3.05, 3.63) is 29.3 Å². The Morgan fingerprint density at radius 1 is 1.23 bits per heavy atom. The van der Waals surface area contributed by atoms with Crippen molar-refractivity contribution in [2.45, 2.75) is 52.5 Å². The summed E-state index contributed by atoms with van der Waals surface area (Å²) < 4.78 is 11.6. The van der Waals surface area contributed by atoms with Crippen LogP contribution in [0.25, 0.3) is 0 Å². The maximum absolute atomic E-state index is 6.16. The number of rotatable bonds is 11. The molecule has 0 aliphatic carbocycles. The molecule has 0 bridgehead atoms. The van der Waals surface area contributed by atoms with Gasteiger partial charge in [-0.05, 0) is 77.2 Å². The van der Waals surface area contributed by atoms with E-state index in [1.54, 1.807) is 0 Å². The largest absolute Gasteiger partial charge is 0.493 e. The maximum atomic E-state index is 6.16. The Balaban J connectivity index is 1.47. The van der Waals surface area contributed by atoms with Gasteiger partial charge in [0.2, 0.25) is 0 Å². The van der Waals surface area contributed by atoms with E-state index in [9.17, 15) is 0 Å². The summed E-state index contributed by atoms with van der Waals surface area (Å²) in [7, 11) is 0. The molecule has 0 aromatic heterocycles. The molecular weight excluding hydrogens is 376 g/mol. The Bertz CT molecular complexity index is 653. The highest BCUT2D eigenvalue weighted by atomic mass is 16.5. The molecule has 1 aromatic carbocycles. The summed E-state index contributed by atoms with van der Waals surface area (Å²) >= 11 is 0. The van der Waals surface area contributed by atoms with Crippen LogP contribution in [0.2, 0.25) is 0 Å². The predicted octanol–water partition coefficient (Wildman–Crippen LogP) is 3.34. The van der Waals surface area contributed by atoms with Crippen molar-refractivity contribution in [2.75, 3.05) is 52.5 Å². The molecule has 0 saturated carbocycles. The topological polar surface area (TPSA) is 58.1 Å². The van der Waals surface area contributed by atoms with E-state index in [1.807, 2.05) is 0 Å². The zero-order valence-corrected chi connectivity index (χ0v) is 18.9. The van der Waals surface area contributed by atoms with Crippen LogP contribution in [-0.4, -0.2) is 63.4 Å². The van der Waals surface area contributed by atoms with E-state index in [0.717, 1.165) is 56.6 Å². The Hall–Kier alpha value is -1.79. The number of aliphatic imine (C=N–C) groups is 1. The standard InChI is InChI=1S/C24H40N4O2/c1-3-25-24(26-11-4-5-12-28-13-6-7-14-28)27-17-22-9-8-20(2)16-23(22)30-19-21-10-15-29-18-21/h8-9,16,21H,3-7,10-15,17-19H2,1-2H3,(H2,25,26,27). The predicted molar refractivity (Wildman–Crippen MR) is 123 cm³/mol. The van der Waals surface area contributed by atoms with Crippen LogP contribution in [-0.2, 0) is 11.3 Å². The summed E-state index contributed by atoms with van der Waals surface area (Å²) in [5.41, 5.74) is 2.34. The van der Waals surface area contributed by atoms with Gasteiger partial charge in [-0.2, -0.15) is 0 Å². The molecule has 6 nitrogen and oxygen atoms in total. The van der Waals surface area contributed by atoms with Crippen LogP contribution in [0, 0.1) is 12.8 Å². The van der Waals surface area contributed by atoms with Gasteiger partial charge in [-0.3, -0.25) is 0 Å². The molecular formula is C24H40N4O2. The van der Waals surface area contributed by atoms with Gasteiger partial charge in [-0.15, -0.1) is 0 Å². The van der Waals surface area contributed by atoms with Crippen LogP contribution < -0.4 is 15.4 Å². The lowest BCUT2D eigenvalue weighted by molar-refractivity contribution is 0.166. The second kappa shape index (κ2) is 12.8. The number of ether oxygens (including phenoxy) is 2. The van der Waals surface area contributed by atoms with Crippen molar-refractivity contribution in [1.82, 2.24) is 15.5 Å². The first-order valence-electron chi connectivity index (χ1n) is 11.8. The Morgan fingerprint density at radius 2 is 2.10 bits per heavy atom. The lowest BCUT2D eigenvalue weighted by atomic mass is 10.1. The molecule has 0 radical (unpaired) electrons. The van der Waals surface area contributed by atoms with E-state index in [4.69, 9.17) is 14.5 Å². The molecule has 2 N–H and O–H groups in total. The fourth-order valence-electron chi connectivity index (χ4n) is 4.03. The summed E-state index contributed by atoms with van der Waals surface area (Å²) in [6.07, 6.45) is 6.24. The SMILES string of the molecule is CCNC(=NCc1ccc(C)cc1OCC1CCOC1)NCCCCN1CCCC1. The Morgan fingerprint density at radius 3 is 2.87 bits per heavy atom. The highest BCUT2D eigenvalue weighted by Crippen LogP contribution is 2.23. The van der Waals surface area contributed by atoms with Crippen LogP contribution in [0.5, 0.6) is 5.75 Å². The molecule has 2 aliphatic heterocycles.